The summed E-state index contributed by atoms with van der Waals surface area (Å²) >= 11 is 5.01. The Kier molecular flexibility index (Phi) is 6.61. The van der Waals surface area contributed by atoms with Crippen LogP contribution in [0.4, 0.5) is 18.9 Å². The van der Waals surface area contributed by atoms with Crippen LogP contribution < -0.4 is 25.6 Å². The predicted octanol–water partition coefficient (Wildman–Crippen LogP) is 2.98. The summed E-state index contributed by atoms with van der Waals surface area (Å²) in [5.74, 6) is -0.703. The van der Waals surface area contributed by atoms with Crippen molar-refractivity contribution in [1.29, 1.82) is 0 Å². The number of amides is 1. The van der Waals surface area contributed by atoms with Crippen LogP contribution in [0.2, 0.25) is 0 Å². The van der Waals surface area contributed by atoms with Crippen molar-refractivity contribution in [1.82, 2.24) is 10.9 Å². The molecular weight excluding hydrogens is 371 g/mol. The van der Waals surface area contributed by atoms with Crippen LogP contribution in [-0.2, 0) is 4.79 Å². The summed E-state index contributed by atoms with van der Waals surface area (Å²) < 4.78 is 45.0. The van der Waals surface area contributed by atoms with Gasteiger partial charge in [-0.2, -0.15) is 0 Å². The van der Waals surface area contributed by atoms with Gasteiger partial charge in [0, 0.05) is 5.69 Å². The Morgan fingerprint density at radius 2 is 1.58 bits per heavy atom. The largest absolute Gasteiger partial charge is 0.573 e. The molecule has 2 rings (SSSR count). The van der Waals surface area contributed by atoms with Crippen LogP contribution in [0, 0.1) is 0 Å². The highest BCUT2D eigenvalue weighted by molar-refractivity contribution is 7.80. The van der Waals surface area contributed by atoms with Gasteiger partial charge in [-0.05, 0) is 48.6 Å². The quantitative estimate of drug-likeness (QED) is 0.543. The van der Waals surface area contributed by atoms with E-state index in [4.69, 9.17) is 17.0 Å². The molecule has 0 aromatic heterocycles. The van der Waals surface area contributed by atoms with Gasteiger partial charge in [-0.25, -0.2) is 0 Å². The van der Waals surface area contributed by atoms with Crippen LogP contribution in [0.5, 0.6) is 11.5 Å². The maximum absolute atomic E-state index is 12.1. The normalized spacial score (nSPS) is 10.6. The number of benzene rings is 2. The molecule has 1 amide bonds. The molecule has 0 bridgehead atoms. The highest BCUT2D eigenvalue weighted by Crippen LogP contribution is 2.24. The molecule has 0 aliphatic carbocycles. The van der Waals surface area contributed by atoms with Crippen molar-refractivity contribution in [3.05, 3.63) is 54.6 Å². The van der Waals surface area contributed by atoms with E-state index in [1.807, 2.05) is 18.2 Å². The second-order valence-electron chi connectivity index (χ2n) is 4.80. The number of anilines is 1. The molecule has 6 nitrogen and oxygen atoms in total. The molecule has 0 unspecified atom stereocenters. The van der Waals surface area contributed by atoms with Crippen molar-refractivity contribution in [2.45, 2.75) is 6.36 Å². The van der Waals surface area contributed by atoms with E-state index in [1.54, 1.807) is 12.1 Å². The van der Waals surface area contributed by atoms with Crippen molar-refractivity contribution < 1.29 is 27.4 Å². The molecule has 0 saturated carbocycles. The summed E-state index contributed by atoms with van der Waals surface area (Å²) in [6.07, 6.45) is -4.76. The van der Waals surface area contributed by atoms with Crippen molar-refractivity contribution in [3.8, 4) is 11.5 Å². The second-order valence-corrected chi connectivity index (χ2v) is 5.21. The van der Waals surface area contributed by atoms with Gasteiger partial charge in [0.25, 0.3) is 5.91 Å². The first-order valence-corrected chi connectivity index (χ1v) is 7.62. The Balaban J connectivity index is 1.70. The minimum atomic E-state index is -4.76. The third-order valence-electron chi connectivity index (χ3n) is 2.77. The lowest BCUT2D eigenvalue weighted by Crippen LogP contribution is -2.45. The van der Waals surface area contributed by atoms with Gasteiger partial charge in [0.05, 0.1) is 0 Å². The number of nitrogens with one attached hydrogen (secondary N) is 3. The van der Waals surface area contributed by atoms with Crippen LogP contribution >= 0.6 is 12.2 Å². The molecular formula is C16H14F3N3O3S. The molecule has 0 spiro atoms. The SMILES string of the molecule is O=C(COc1ccc(OC(F)(F)F)cc1)NNC(=S)Nc1ccccc1. The lowest BCUT2D eigenvalue weighted by atomic mass is 10.3. The fourth-order valence-corrected chi connectivity index (χ4v) is 1.90. The van der Waals surface area contributed by atoms with Gasteiger partial charge in [-0.3, -0.25) is 15.6 Å². The molecule has 2 aromatic carbocycles. The highest BCUT2D eigenvalue weighted by Gasteiger charge is 2.30. The van der Waals surface area contributed by atoms with Gasteiger partial charge in [-0.15, -0.1) is 13.2 Å². The first-order valence-electron chi connectivity index (χ1n) is 7.21. The zero-order valence-electron chi connectivity index (χ0n) is 13.2. The fraction of sp³-hybridized carbons (Fsp3) is 0.125. The van der Waals surface area contributed by atoms with Crippen LogP contribution in [0.25, 0.3) is 0 Å². The number of hydrogen-bond donors (Lipinski definition) is 3. The number of halogens is 3. The number of ether oxygens (including phenoxy) is 2. The van der Waals surface area contributed by atoms with Gasteiger partial charge in [0.15, 0.2) is 11.7 Å². The monoisotopic (exact) mass is 385 g/mol. The Bertz CT molecular complexity index is 740. The minimum Gasteiger partial charge on any atom is -0.484 e. The summed E-state index contributed by atoms with van der Waals surface area (Å²) in [4.78, 5) is 11.7. The maximum atomic E-state index is 12.1. The average Bonchev–Trinajstić information content (AvgIpc) is 2.59. The van der Waals surface area contributed by atoms with Crippen LogP contribution in [0.15, 0.2) is 54.6 Å². The van der Waals surface area contributed by atoms with Gasteiger partial charge in [0.1, 0.15) is 11.5 Å². The number of rotatable bonds is 5. The maximum Gasteiger partial charge on any atom is 0.573 e. The molecule has 26 heavy (non-hydrogen) atoms. The highest BCUT2D eigenvalue weighted by atomic mass is 32.1. The van der Waals surface area contributed by atoms with E-state index in [0.29, 0.717) is 0 Å². The lowest BCUT2D eigenvalue weighted by Gasteiger charge is -2.12. The van der Waals surface area contributed by atoms with Crippen molar-refractivity contribution in [3.63, 3.8) is 0 Å². The van der Waals surface area contributed by atoms with E-state index in [0.717, 1.165) is 17.8 Å². The molecule has 0 radical (unpaired) electrons. The Hall–Kier alpha value is -3.01. The standard InChI is InChI=1S/C16H14F3N3O3S/c17-16(18,19)25-13-8-6-12(7-9-13)24-10-14(23)21-22-15(26)20-11-4-2-1-3-5-11/h1-9H,10H2,(H,21,23)(H2,20,22,26). The molecule has 0 saturated heterocycles. The number of thiocarbonyl (C=S) groups is 1. The summed E-state index contributed by atoms with van der Waals surface area (Å²) in [6, 6.07) is 13.8. The molecule has 0 heterocycles. The topological polar surface area (TPSA) is 71.6 Å². The van der Waals surface area contributed by atoms with Crippen LogP contribution in [0.1, 0.15) is 0 Å². The van der Waals surface area contributed by atoms with Gasteiger partial charge in [-0.1, -0.05) is 18.2 Å². The molecule has 0 atom stereocenters. The van der Waals surface area contributed by atoms with E-state index in [2.05, 4.69) is 20.9 Å². The minimum absolute atomic E-state index is 0.179. The predicted molar refractivity (Wildman–Crippen MR) is 92.6 cm³/mol. The molecule has 2 aromatic rings. The number of para-hydroxylation sites is 1. The third kappa shape index (κ3) is 7.26. The number of hydrazine groups is 1. The third-order valence-corrected chi connectivity index (χ3v) is 2.98. The van der Waals surface area contributed by atoms with E-state index in [9.17, 15) is 18.0 Å². The molecule has 10 heteroatoms. The lowest BCUT2D eigenvalue weighted by molar-refractivity contribution is -0.274. The molecule has 0 fully saturated rings. The molecule has 3 N–H and O–H groups in total. The van der Waals surface area contributed by atoms with E-state index in [1.165, 1.54) is 12.1 Å². The van der Waals surface area contributed by atoms with E-state index >= 15 is 0 Å². The summed E-state index contributed by atoms with van der Waals surface area (Å²) in [6.45, 7) is -0.361. The van der Waals surface area contributed by atoms with Gasteiger partial charge in [0.2, 0.25) is 0 Å². The molecule has 0 aliphatic heterocycles. The number of carbonyl (C=O) groups excluding carboxylic acids is 1. The summed E-state index contributed by atoms with van der Waals surface area (Å²) in [7, 11) is 0. The smallest absolute Gasteiger partial charge is 0.484 e. The zero-order valence-corrected chi connectivity index (χ0v) is 14.0. The summed E-state index contributed by atoms with van der Waals surface area (Å²) in [5.41, 5.74) is 5.57. The Morgan fingerprint density at radius 3 is 2.19 bits per heavy atom. The zero-order chi connectivity index (χ0) is 19.0. The first-order chi connectivity index (χ1) is 12.3. The number of hydrogen-bond acceptors (Lipinski definition) is 4. The van der Waals surface area contributed by atoms with Crippen LogP contribution in [0.3, 0.4) is 0 Å². The second kappa shape index (κ2) is 8.90. The summed E-state index contributed by atoms with van der Waals surface area (Å²) in [5, 5.41) is 3.03. The van der Waals surface area contributed by atoms with Gasteiger partial charge >= 0.3 is 6.36 Å². The average molecular weight is 385 g/mol. The molecule has 138 valence electrons. The van der Waals surface area contributed by atoms with Gasteiger partial charge < -0.3 is 14.8 Å². The molecule has 0 aliphatic rings. The Morgan fingerprint density at radius 1 is 0.962 bits per heavy atom. The number of alkyl halides is 3. The number of carbonyl (C=O) groups is 1. The van der Waals surface area contributed by atoms with Crippen LogP contribution in [-0.4, -0.2) is 24.0 Å². The van der Waals surface area contributed by atoms with Crippen molar-refractivity contribution in [2.24, 2.45) is 0 Å². The fourth-order valence-electron chi connectivity index (χ4n) is 1.73. The van der Waals surface area contributed by atoms with Crippen molar-refractivity contribution >= 4 is 28.9 Å². The van der Waals surface area contributed by atoms with Crippen molar-refractivity contribution in [2.75, 3.05) is 11.9 Å². The van der Waals surface area contributed by atoms with E-state index < -0.39 is 12.3 Å². The Labute approximate surface area is 152 Å². The van der Waals surface area contributed by atoms with E-state index in [-0.39, 0.29) is 23.2 Å². The first kappa shape index (κ1) is 19.3.